The van der Waals surface area contributed by atoms with Crippen molar-refractivity contribution in [1.29, 1.82) is 0 Å². The molecule has 0 heterocycles. The Morgan fingerprint density at radius 2 is 1.43 bits per heavy atom. The largest absolute Gasteiger partial charge is 0.493 e. The van der Waals surface area contributed by atoms with Crippen molar-refractivity contribution in [2.24, 2.45) is 11.8 Å². The van der Waals surface area contributed by atoms with Crippen LogP contribution in [0.15, 0.2) is 66.7 Å². The number of methoxy groups -OCH3 is 2. The molecular formula is C33H40N4O7. The van der Waals surface area contributed by atoms with E-state index in [1.165, 1.54) is 14.2 Å². The van der Waals surface area contributed by atoms with Crippen LogP contribution in [0.3, 0.4) is 0 Å². The highest BCUT2D eigenvalue weighted by Gasteiger charge is 2.27. The lowest BCUT2D eigenvalue weighted by Crippen LogP contribution is -2.37. The molecule has 0 spiro atoms. The average molecular weight is 605 g/mol. The summed E-state index contributed by atoms with van der Waals surface area (Å²) in [4.78, 5) is 50.5. The first-order chi connectivity index (χ1) is 21.0. The number of carboxylic acids is 1. The number of aliphatic carboxylic acids is 1. The van der Waals surface area contributed by atoms with E-state index in [1.807, 2.05) is 45.0 Å². The summed E-state index contributed by atoms with van der Waals surface area (Å²) in [7, 11) is 2.96. The van der Waals surface area contributed by atoms with E-state index in [-0.39, 0.29) is 24.7 Å². The van der Waals surface area contributed by atoms with Crippen molar-refractivity contribution in [3.8, 4) is 11.5 Å². The number of urea groups is 1. The van der Waals surface area contributed by atoms with Crippen molar-refractivity contribution in [3.63, 3.8) is 0 Å². The number of hydrogen-bond acceptors (Lipinski definition) is 6. The van der Waals surface area contributed by atoms with Gasteiger partial charge in [0.1, 0.15) is 0 Å². The third-order valence-corrected chi connectivity index (χ3v) is 6.88. The number of benzene rings is 3. The predicted molar refractivity (Wildman–Crippen MR) is 169 cm³/mol. The molecule has 44 heavy (non-hydrogen) atoms. The monoisotopic (exact) mass is 604 g/mol. The minimum atomic E-state index is -1.09. The molecule has 0 fully saturated rings. The summed E-state index contributed by atoms with van der Waals surface area (Å²) in [6.45, 7) is 5.79. The van der Waals surface area contributed by atoms with Crippen molar-refractivity contribution in [2.75, 3.05) is 30.2 Å². The zero-order chi connectivity index (χ0) is 32.2. The number of nitrogens with one attached hydrogen (secondary N) is 4. The SMILES string of the molecule is COc1ccc(C(CC(=O)O)NC(=O)[C@@H](CC(=O)Nc2ccc(NC(=O)Nc3ccccc3C)cc2)CC(C)C)cc1OC. The first-order valence-corrected chi connectivity index (χ1v) is 14.3. The normalized spacial score (nSPS) is 12.0. The van der Waals surface area contributed by atoms with Gasteiger partial charge in [-0.05, 0) is 72.9 Å². The Hall–Kier alpha value is -5.06. The van der Waals surface area contributed by atoms with Gasteiger partial charge in [-0.1, -0.05) is 38.1 Å². The summed E-state index contributed by atoms with van der Waals surface area (Å²) in [5, 5.41) is 20.7. The maximum atomic E-state index is 13.4. The molecule has 5 N–H and O–H groups in total. The molecule has 11 heteroatoms. The summed E-state index contributed by atoms with van der Waals surface area (Å²) in [5.41, 5.74) is 3.20. The molecule has 3 rings (SSSR count). The standard InChI is InChI=1S/C33H40N4O7/c1-20(2)16-23(32(41)36-27(19-31(39)40)22-10-15-28(43-4)29(17-22)44-5)18-30(38)34-24-11-13-25(14-12-24)35-33(42)37-26-9-7-6-8-21(26)3/h6-15,17,20,23,27H,16,18-19H2,1-5H3,(H,34,38)(H,36,41)(H,39,40)(H2,35,37,42)/t23-,27?/m1/s1. The fourth-order valence-corrected chi connectivity index (χ4v) is 4.71. The summed E-state index contributed by atoms with van der Waals surface area (Å²) < 4.78 is 10.6. The Morgan fingerprint density at radius 3 is 2.02 bits per heavy atom. The van der Waals surface area contributed by atoms with Crippen LogP contribution in [-0.4, -0.2) is 43.1 Å². The molecule has 234 valence electrons. The highest BCUT2D eigenvalue weighted by Crippen LogP contribution is 2.31. The molecule has 0 radical (unpaired) electrons. The first-order valence-electron chi connectivity index (χ1n) is 14.3. The second-order valence-electron chi connectivity index (χ2n) is 10.8. The molecular weight excluding hydrogens is 564 g/mol. The van der Waals surface area contributed by atoms with Crippen molar-refractivity contribution in [3.05, 3.63) is 77.9 Å². The van der Waals surface area contributed by atoms with Crippen molar-refractivity contribution in [2.45, 2.75) is 46.1 Å². The molecule has 1 unspecified atom stereocenters. The number of hydrogen-bond donors (Lipinski definition) is 5. The number of ether oxygens (including phenoxy) is 2. The molecule has 3 aromatic rings. The molecule has 0 aliphatic heterocycles. The van der Waals surface area contributed by atoms with Crippen LogP contribution in [0, 0.1) is 18.8 Å². The summed E-state index contributed by atoms with van der Waals surface area (Å²) in [6.07, 6.45) is -0.0381. The van der Waals surface area contributed by atoms with Crippen LogP contribution in [0.25, 0.3) is 0 Å². The number of aryl methyl sites for hydroxylation is 1. The molecule has 11 nitrogen and oxygen atoms in total. The van der Waals surface area contributed by atoms with Gasteiger partial charge in [0, 0.05) is 29.4 Å². The summed E-state index contributed by atoms with van der Waals surface area (Å²) in [6, 6.07) is 17.7. The second-order valence-corrected chi connectivity index (χ2v) is 10.8. The van der Waals surface area contributed by atoms with Crippen LogP contribution < -0.4 is 30.7 Å². The first kappa shape index (κ1) is 33.4. The minimum Gasteiger partial charge on any atom is -0.493 e. The molecule has 0 saturated carbocycles. The Labute approximate surface area is 257 Å². The number of rotatable bonds is 14. The number of carbonyl (C=O) groups excluding carboxylic acids is 3. The van der Waals surface area contributed by atoms with E-state index >= 15 is 0 Å². The van der Waals surface area contributed by atoms with E-state index in [4.69, 9.17) is 9.47 Å². The zero-order valence-corrected chi connectivity index (χ0v) is 25.6. The van der Waals surface area contributed by atoms with Gasteiger partial charge in [0.05, 0.1) is 26.7 Å². The third kappa shape index (κ3) is 10.0. The van der Waals surface area contributed by atoms with Gasteiger partial charge in [-0.15, -0.1) is 0 Å². The van der Waals surface area contributed by atoms with Gasteiger partial charge >= 0.3 is 12.0 Å². The van der Waals surface area contributed by atoms with Gasteiger partial charge < -0.3 is 35.8 Å². The van der Waals surface area contributed by atoms with E-state index in [0.29, 0.717) is 40.5 Å². The number of amides is 4. The Morgan fingerprint density at radius 1 is 0.795 bits per heavy atom. The Kier molecular flexibility index (Phi) is 12.1. The van der Waals surface area contributed by atoms with Gasteiger partial charge in [-0.3, -0.25) is 14.4 Å². The zero-order valence-electron chi connectivity index (χ0n) is 25.6. The van der Waals surface area contributed by atoms with Crippen LogP contribution in [0.2, 0.25) is 0 Å². The Bertz CT molecular complexity index is 1460. The van der Waals surface area contributed by atoms with Crippen LogP contribution in [0.1, 0.15) is 50.3 Å². The number of carboxylic acid groups (broad SMARTS) is 1. The fourth-order valence-electron chi connectivity index (χ4n) is 4.71. The molecule has 0 bridgehead atoms. The number of carbonyl (C=O) groups is 4. The smallest absolute Gasteiger partial charge is 0.323 e. The maximum absolute atomic E-state index is 13.4. The quantitative estimate of drug-likeness (QED) is 0.152. The number of anilines is 3. The predicted octanol–water partition coefficient (Wildman–Crippen LogP) is 5.98. The lowest BCUT2D eigenvalue weighted by molar-refractivity contribution is -0.138. The highest BCUT2D eigenvalue weighted by molar-refractivity contribution is 6.00. The topological polar surface area (TPSA) is 155 Å². The average Bonchev–Trinajstić information content (AvgIpc) is 2.97. The van der Waals surface area contributed by atoms with Crippen molar-refractivity contribution in [1.82, 2.24) is 5.32 Å². The molecule has 0 aliphatic carbocycles. The lowest BCUT2D eigenvalue weighted by atomic mass is 9.92. The molecule has 0 aliphatic rings. The molecule has 0 aromatic heterocycles. The van der Waals surface area contributed by atoms with E-state index in [2.05, 4.69) is 21.3 Å². The van der Waals surface area contributed by atoms with Crippen LogP contribution in [-0.2, 0) is 14.4 Å². The van der Waals surface area contributed by atoms with Gasteiger partial charge in [0.15, 0.2) is 11.5 Å². The summed E-state index contributed by atoms with van der Waals surface area (Å²) >= 11 is 0. The molecule has 2 atom stereocenters. The molecule has 4 amide bonds. The minimum absolute atomic E-state index is 0.103. The summed E-state index contributed by atoms with van der Waals surface area (Å²) in [5.74, 6) is -1.60. The third-order valence-electron chi connectivity index (χ3n) is 6.88. The van der Waals surface area contributed by atoms with E-state index in [9.17, 15) is 24.3 Å². The van der Waals surface area contributed by atoms with Crippen LogP contribution in [0.4, 0.5) is 21.9 Å². The van der Waals surface area contributed by atoms with Gasteiger partial charge in [-0.2, -0.15) is 0 Å². The Balaban J connectivity index is 1.64. The van der Waals surface area contributed by atoms with Crippen LogP contribution >= 0.6 is 0 Å². The second kappa shape index (κ2) is 16.0. The van der Waals surface area contributed by atoms with Crippen molar-refractivity contribution >= 4 is 40.9 Å². The van der Waals surface area contributed by atoms with Gasteiger partial charge in [0.2, 0.25) is 11.8 Å². The van der Waals surface area contributed by atoms with E-state index < -0.39 is 29.9 Å². The highest BCUT2D eigenvalue weighted by atomic mass is 16.5. The molecule has 3 aromatic carbocycles. The van der Waals surface area contributed by atoms with E-state index in [0.717, 1.165) is 5.56 Å². The lowest BCUT2D eigenvalue weighted by Gasteiger charge is -2.24. The fraction of sp³-hybridized carbons (Fsp3) is 0.333. The maximum Gasteiger partial charge on any atom is 0.323 e. The van der Waals surface area contributed by atoms with E-state index in [1.54, 1.807) is 42.5 Å². The van der Waals surface area contributed by atoms with Crippen LogP contribution in [0.5, 0.6) is 11.5 Å². The van der Waals surface area contributed by atoms with Crippen molar-refractivity contribution < 1.29 is 33.8 Å². The van der Waals surface area contributed by atoms with Gasteiger partial charge in [0.25, 0.3) is 0 Å². The van der Waals surface area contributed by atoms with Gasteiger partial charge in [-0.25, -0.2) is 4.79 Å². The molecule has 0 saturated heterocycles. The number of para-hydroxylation sites is 1.